The Bertz CT molecular complexity index is 1450. The maximum absolute atomic E-state index is 13.6. The van der Waals surface area contributed by atoms with Gasteiger partial charge in [0.2, 0.25) is 0 Å². The molecule has 0 atom stereocenters. The van der Waals surface area contributed by atoms with Crippen LogP contribution in [0.3, 0.4) is 0 Å². The van der Waals surface area contributed by atoms with E-state index in [1.807, 2.05) is 0 Å². The second-order valence-electron chi connectivity index (χ2n) is 7.13. The number of carbonyl (C=O) groups is 1. The van der Waals surface area contributed by atoms with Crippen molar-refractivity contribution in [3.05, 3.63) is 68.8 Å². The van der Waals surface area contributed by atoms with Crippen LogP contribution in [0.5, 0.6) is 0 Å². The van der Waals surface area contributed by atoms with Crippen molar-refractivity contribution >= 4 is 28.0 Å². The summed E-state index contributed by atoms with van der Waals surface area (Å²) in [6, 6.07) is 7.83. The van der Waals surface area contributed by atoms with Crippen molar-refractivity contribution in [2.75, 3.05) is 7.05 Å². The number of para-hydroxylation sites is 2. The lowest BCUT2D eigenvalue weighted by Gasteiger charge is -2.18. The molecule has 0 aliphatic carbocycles. The van der Waals surface area contributed by atoms with Crippen molar-refractivity contribution in [2.24, 2.45) is 14.1 Å². The zero-order valence-corrected chi connectivity index (χ0v) is 16.9. The van der Waals surface area contributed by atoms with Crippen LogP contribution in [-0.4, -0.2) is 41.5 Å². The van der Waals surface area contributed by atoms with Gasteiger partial charge in [-0.1, -0.05) is 12.1 Å². The third-order valence-electron chi connectivity index (χ3n) is 5.13. The van der Waals surface area contributed by atoms with E-state index in [1.165, 1.54) is 48.9 Å². The Morgan fingerprint density at radius 3 is 2.58 bits per heavy atom. The third-order valence-corrected chi connectivity index (χ3v) is 5.13. The number of hydrogen-bond acceptors (Lipinski definition) is 5. The number of alkyl halides is 2. The molecule has 0 aliphatic heterocycles. The number of aryl methyl sites for hydroxylation is 1. The SMILES string of the molecule is CN(Cc1nc2ccccc2n1C(F)F)C(=O)c1cnc2c(c1)c(=O)n(C)c(=O)n2C. The van der Waals surface area contributed by atoms with E-state index in [2.05, 4.69) is 9.97 Å². The first-order valence-corrected chi connectivity index (χ1v) is 9.26. The van der Waals surface area contributed by atoms with E-state index in [0.29, 0.717) is 5.52 Å². The molecule has 31 heavy (non-hydrogen) atoms. The van der Waals surface area contributed by atoms with Crippen molar-refractivity contribution in [1.29, 1.82) is 0 Å². The number of hydrogen-bond donors (Lipinski definition) is 0. The molecule has 0 N–H and O–H groups in total. The lowest BCUT2D eigenvalue weighted by Crippen LogP contribution is -2.37. The molecule has 0 radical (unpaired) electrons. The molecule has 0 saturated heterocycles. The van der Waals surface area contributed by atoms with Crippen LogP contribution in [0.2, 0.25) is 0 Å². The van der Waals surface area contributed by atoms with Crippen LogP contribution in [0.15, 0.2) is 46.1 Å². The van der Waals surface area contributed by atoms with Crippen LogP contribution >= 0.6 is 0 Å². The molecule has 4 rings (SSSR count). The van der Waals surface area contributed by atoms with E-state index in [0.717, 1.165) is 9.13 Å². The lowest BCUT2D eigenvalue weighted by molar-refractivity contribution is 0.0646. The summed E-state index contributed by atoms with van der Waals surface area (Å²) in [6.07, 6.45) is 1.25. The Kier molecular flexibility index (Phi) is 4.88. The van der Waals surface area contributed by atoms with E-state index in [4.69, 9.17) is 0 Å². The summed E-state index contributed by atoms with van der Waals surface area (Å²) in [5, 5.41) is 0.101. The summed E-state index contributed by atoms with van der Waals surface area (Å²) >= 11 is 0. The van der Waals surface area contributed by atoms with E-state index >= 15 is 0 Å². The molecule has 0 unspecified atom stereocenters. The van der Waals surface area contributed by atoms with Gasteiger partial charge in [0.1, 0.15) is 11.5 Å². The molecule has 3 heterocycles. The van der Waals surface area contributed by atoms with Gasteiger partial charge in [0, 0.05) is 27.3 Å². The highest BCUT2D eigenvalue weighted by atomic mass is 19.3. The van der Waals surface area contributed by atoms with Crippen molar-refractivity contribution in [2.45, 2.75) is 13.1 Å². The van der Waals surface area contributed by atoms with E-state index in [9.17, 15) is 23.2 Å². The summed E-state index contributed by atoms with van der Waals surface area (Å²) in [5.41, 5.74) is -0.215. The smallest absolute Gasteiger partial charge is 0.332 e. The molecule has 0 saturated carbocycles. The van der Waals surface area contributed by atoms with Gasteiger partial charge >= 0.3 is 12.2 Å². The van der Waals surface area contributed by atoms with Gasteiger partial charge < -0.3 is 4.90 Å². The average Bonchev–Trinajstić information content (AvgIpc) is 3.13. The van der Waals surface area contributed by atoms with Crippen LogP contribution in [0.1, 0.15) is 22.7 Å². The van der Waals surface area contributed by atoms with Gasteiger partial charge in [0.05, 0.1) is 28.5 Å². The largest absolute Gasteiger partial charge is 0.334 e. The van der Waals surface area contributed by atoms with Crippen LogP contribution in [0.4, 0.5) is 8.78 Å². The molecule has 0 aliphatic rings. The maximum Gasteiger partial charge on any atom is 0.332 e. The molecule has 11 heteroatoms. The highest BCUT2D eigenvalue weighted by molar-refractivity contribution is 5.96. The number of imidazole rings is 1. The molecule has 4 aromatic rings. The molecule has 0 fully saturated rings. The number of fused-ring (bicyclic) bond motifs is 2. The van der Waals surface area contributed by atoms with Gasteiger partial charge in [-0.15, -0.1) is 0 Å². The fourth-order valence-electron chi connectivity index (χ4n) is 3.51. The van der Waals surface area contributed by atoms with E-state index in [1.54, 1.807) is 18.2 Å². The number of halogens is 2. The predicted octanol–water partition coefficient (Wildman–Crippen LogP) is 1.65. The maximum atomic E-state index is 13.6. The van der Waals surface area contributed by atoms with E-state index < -0.39 is 23.7 Å². The number of carbonyl (C=O) groups excluding carboxylic acids is 1. The van der Waals surface area contributed by atoms with Crippen molar-refractivity contribution in [3.63, 3.8) is 0 Å². The lowest BCUT2D eigenvalue weighted by atomic mass is 10.2. The summed E-state index contributed by atoms with van der Waals surface area (Å²) in [7, 11) is 4.25. The normalized spacial score (nSPS) is 11.5. The highest BCUT2D eigenvalue weighted by Crippen LogP contribution is 2.24. The predicted molar refractivity (Wildman–Crippen MR) is 109 cm³/mol. The first-order valence-electron chi connectivity index (χ1n) is 9.26. The topological polar surface area (TPSA) is 95.0 Å². The Balaban J connectivity index is 1.72. The number of rotatable bonds is 4. The second kappa shape index (κ2) is 7.42. The van der Waals surface area contributed by atoms with Gasteiger partial charge in [0.25, 0.3) is 11.5 Å². The molecule has 160 valence electrons. The number of pyridine rings is 1. The zero-order chi connectivity index (χ0) is 22.4. The summed E-state index contributed by atoms with van der Waals surface area (Å²) in [4.78, 5) is 46.9. The van der Waals surface area contributed by atoms with Gasteiger partial charge in [-0.05, 0) is 18.2 Å². The number of amides is 1. The van der Waals surface area contributed by atoms with E-state index in [-0.39, 0.29) is 34.5 Å². The number of benzene rings is 1. The van der Waals surface area contributed by atoms with Gasteiger partial charge in [-0.3, -0.25) is 23.3 Å². The molecule has 1 aromatic carbocycles. The minimum atomic E-state index is -2.82. The molecule has 0 bridgehead atoms. The highest BCUT2D eigenvalue weighted by Gasteiger charge is 2.22. The van der Waals surface area contributed by atoms with Gasteiger partial charge in [-0.2, -0.15) is 8.78 Å². The van der Waals surface area contributed by atoms with Gasteiger partial charge in [-0.25, -0.2) is 14.8 Å². The van der Waals surface area contributed by atoms with Crippen molar-refractivity contribution in [1.82, 2.24) is 28.6 Å². The molecule has 3 aromatic heterocycles. The Hall–Kier alpha value is -3.89. The van der Waals surface area contributed by atoms with Crippen LogP contribution in [-0.2, 0) is 20.6 Å². The molecular formula is C20H18F2N6O3. The summed E-state index contributed by atoms with van der Waals surface area (Å²) < 4.78 is 30.2. The Morgan fingerprint density at radius 1 is 1.16 bits per heavy atom. The Morgan fingerprint density at radius 2 is 1.87 bits per heavy atom. The van der Waals surface area contributed by atoms with Crippen LogP contribution in [0.25, 0.3) is 22.1 Å². The first-order chi connectivity index (χ1) is 14.7. The first kappa shape index (κ1) is 20.4. The number of aromatic nitrogens is 5. The monoisotopic (exact) mass is 428 g/mol. The zero-order valence-electron chi connectivity index (χ0n) is 16.9. The van der Waals surface area contributed by atoms with Crippen molar-refractivity contribution in [3.8, 4) is 0 Å². The number of nitrogens with zero attached hydrogens (tertiary/aromatic N) is 6. The van der Waals surface area contributed by atoms with Crippen molar-refractivity contribution < 1.29 is 13.6 Å². The standard InChI is InChI=1S/C20H18F2N6O3/c1-25(10-15-24-13-6-4-5-7-14(13)28(15)19(21)22)17(29)11-8-12-16(23-9-11)26(2)20(31)27(3)18(12)30/h4-9,19H,10H2,1-3H3. The van der Waals surface area contributed by atoms with Crippen LogP contribution < -0.4 is 11.2 Å². The Labute approximate surface area is 173 Å². The molecule has 0 spiro atoms. The minimum Gasteiger partial charge on any atom is -0.334 e. The molecular weight excluding hydrogens is 410 g/mol. The third kappa shape index (κ3) is 3.27. The fraction of sp³-hybridized carbons (Fsp3) is 0.250. The summed E-state index contributed by atoms with van der Waals surface area (Å²) in [6.45, 7) is -3.00. The molecule has 1 amide bonds. The van der Waals surface area contributed by atoms with Crippen LogP contribution in [0, 0.1) is 0 Å². The second-order valence-corrected chi connectivity index (χ2v) is 7.13. The quantitative estimate of drug-likeness (QED) is 0.493. The summed E-state index contributed by atoms with van der Waals surface area (Å²) in [5.74, 6) is -0.503. The fourth-order valence-corrected chi connectivity index (χ4v) is 3.51. The van der Waals surface area contributed by atoms with Gasteiger partial charge in [0.15, 0.2) is 0 Å². The minimum absolute atomic E-state index is 0.0270. The average molecular weight is 428 g/mol. The molecule has 9 nitrogen and oxygen atoms in total.